The van der Waals surface area contributed by atoms with Gasteiger partial charge in [0, 0.05) is 29.7 Å². The van der Waals surface area contributed by atoms with E-state index in [0.29, 0.717) is 12.6 Å². The molecule has 1 aliphatic rings. The van der Waals surface area contributed by atoms with Crippen molar-refractivity contribution in [3.05, 3.63) is 64.7 Å². The Balaban J connectivity index is 1.43. The van der Waals surface area contributed by atoms with Crippen LogP contribution in [-0.2, 0) is 13.2 Å². The van der Waals surface area contributed by atoms with Crippen molar-refractivity contribution in [1.29, 1.82) is 0 Å². The fraction of sp³-hybridized carbons (Fsp3) is 0.429. The molecule has 0 bridgehead atoms. The summed E-state index contributed by atoms with van der Waals surface area (Å²) in [7, 11) is 0. The van der Waals surface area contributed by atoms with Crippen LogP contribution in [0.2, 0.25) is 5.02 Å². The van der Waals surface area contributed by atoms with E-state index < -0.39 is 0 Å². The van der Waals surface area contributed by atoms with Crippen molar-refractivity contribution in [3.8, 4) is 5.75 Å². The van der Waals surface area contributed by atoms with Crippen molar-refractivity contribution in [2.24, 2.45) is 0 Å². The number of likely N-dealkylation sites (N-methyl/N-ethyl adjacent to an activating group) is 1. The van der Waals surface area contributed by atoms with Crippen LogP contribution in [0, 0.1) is 0 Å². The van der Waals surface area contributed by atoms with Gasteiger partial charge in [0.2, 0.25) is 0 Å². The first-order valence-corrected chi connectivity index (χ1v) is 9.54. The highest BCUT2D eigenvalue weighted by molar-refractivity contribution is 6.31. The molecule has 0 unspecified atom stereocenters. The number of hydrogen-bond donors (Lipinski definition) is 1. The van der Waals surface area contributed by atoms with E-state index in [-0.39, 0.29) is 0 Å². The van der Waals surface area contributed by atoms with Crippen LogP contribution in [-0.4, -0.2) is 30.6 Å². The fourth-order valence-corrected chi connectivity index (χ4v) is 3.60. The van der Waals surface area contributed by atoms with E-state index in [2.05, 4.69) is 29.3 Å². The van der Waals surface area contributed by atoms with Gasteiger partial charge in [-0.05, 0) is 49.7 Å². The molecular formula is C21H27ClN2O. The number of ether oxygens (including phenoxy) is 1. The molecule has 3 rings (SSSR count). The van der Waals surface area contributed by atoms with Gasteiger partial charge in [0.25, 0.3) is 0 Å². The quantitative estimate of drug-likeness (QED) is 0.752. The molecule has 0 radical (unpaired) electrons. The van der Waals surface area contributed by atoms with Crippen LogP contribution < -0.4 is 10.1 Å². The van der Waals surface area contributed by atoms with Gasteiger partial charge in [-0.15, -0.1) is 0 Å². The molecular weight excluding hydrogens is 332 g/mol. The number of nitrogens with zero attached hydrogens (tertiary/aromatic N) is 1. The van der Waals surface area contributed by atoms with Crippen LogP contribution in [0.25, 0.3) is 0 Å². The highest BCUT2D eigenvalue weighted by Gasteiger charge is 2.21. The number of rotatable bonds is 8. The summed E-state index contributed by atoms with van der Waals surface area (Å²) >= 11 is 6.16. The third-order valence-corrected chi connectivity index (χ3v) is 5.26. The standard InChI is InChI=1S/C21H27ClN2O/c1-2-24-13-5-7-19(24)15-23-14-17-9-11-20(12-10-17)25-16-18-6-3-4-8-21(18)22/h3-4,6,8-12,19,23H,2,5,7,13-16H2,1H3/t19-/m1/s1. The van der Waals surface area contributed by atoms with E-state index in [1.807, 2.05) is 36.4 Å². The lowest BCUT2D eigenvalue weighted by atomic mass is 10.2. The van der Waals surface area contributed by atoms with Crippen molar-refractivity contribution < 1.29 is 4.74 Å². The Morgan fingerprint density at radius 3 is 2.72 bits per heavy atom. The number of nitrogens with one attached hydrogen (secondary N) is 1. The Kier molecular flexibility index (Phi) is 6.74. The Hall–Kier alpha value is -1.55. The minimum absolute atomic E-state index is 0.492. The van der Waals surface area contributed by atoms with E-state index in [9.17, 15) is 0 Å². The lowest BCUT2D eigenvalue weighted by Gasteiger charge is -2.23. The van der Waals surface area contributed by atoms with E-state index in [1.54, 1.807) is 0 Å². The van der Waals surface area contributed by atoms with Crippen LogP contribution in [0.3, 0.4) is 0 Å². The Morgan fingerprint density at radius 2 is 1.96 bits per heavy atom. The van der Waals surface area contributed by atoms with Gasteiger partial charge in [-0.2, -0.15) is 0 Å². The van der Waals surface area contributed by atoms with Gasteiger partial charge in [0.1, 0.15) is 12.4 Å². The molecule has 0 saturated carbocycles. The van der Waals surface area contributed by atoms with Crippen molar-refractivity contribution in [2.75, 3.05) is 19.6 Å². The molecule has 0 amide bonds. The van der Waals surface area contributed by atoms with E-state index in [0.717, 1.165) is 36.0 Å². The Bertz CT molecular complexity index is 659. The van der Waals surface area contributed by atoms with Crippen LogP contribution in [0.4, 0.5) is 0 Å². The Labute approximate surface area is 155 Å². The molecule has 3 nitrogen and oxygen atoms in total. The largest absolute Gasteiger partial charge is 0.489 e. The molecule has 1 heterocycles. The molecule has 0 aliphatic carbocycles. The summed E-state index contributed by atoms with van der Waals surface area (Å²) in [6.07, 6.45) is 2.65. The topological polar surface area (TPSA) is 24.5 Å². The normalized spacial score (nSPS) is 17.8. The zero-order chi connectivity index (χ0) is 17.5. The SMILES string of the molecule is CCN1CCC[C@@H]1CNCc1ccc(OCc2ccccc2Cl)cc1. The van der Waals surface area contributed by atoms with Crippen LogP contribution in [0.1, 0.15) is 30.9 Å². The number of hydrogen-bond acceptors (Lipinski definition) is 3. The van der Waals surface area contributed by atoms with Crippen molar-refractivity contribution in [3.63, 3.8) is 0 Å². The molecule has 0 aromatic heterocycles. The van der Waals surface area contributed by atoms with E-state index >= 15 is 0 Å². The lowest BCUT2D eigenvalue weighted by Crippen LogP contribution is -2.37. The second-order valence-electron chi connectivity index (χ2n) is 6.58. The summed E-state index contributed by atoms with van der Waals surface area (Å²) in [4.78, 5) is 2.57. The highest BCUT2D eigenvalue weighted by atomic mass is 35.5. The fourth-order valence-electron chi connectivity index (χ4n) is 3.41. The first-order valence-electron chi connectivity index (χ1n) is 9.16. The average molecular weight is 359 g/mol. The smallest absolute Gasteiger partial charge is 0.119 e. The number of likely N-dealkylation sites (tertiary alicyclic amines) is 1. The molecule has 2 aromatic carbocycles. The molecule has 1 aliphatic heterocycles. The second-order valence-corrected chi connectivity index (χ2v) is 6.99. The van der Waals surface area contributed by atoms with Gasteiger partial charge in [-0.1, -0.05) is 48.9 Å². The minimum atomic E-state index is 0.492. The predicted octanol–water partition coefficient (Wildman–Crippen LogP) is 4.49. The maximum atomic E-state index is 6.16. The number of halogens is 1. The molecule has 2 aromatic rings. The zero-order valence-corrected chi connectivity index (χ0v) is 15.6. The van der Waals surface area contributed by atoms with Crippen molar-refractivity contribution in [1.82, 2.24) is 10.2 Å². The highest BCUT2D eigenvalue weighted by Crippen LogP contribution is 2.19. The monoisotopic (exact) mass is 358 g/mol. The third-order valence-electron chi connectivity index (χ3n) is 4.89. The molecule has 1 atom stereocenters. The summed E-state index contributed by atoms with van der Waals surface area (Å²) in [6, 6.07) is 16.8. The van der Waals surface area contributed by atoms with Crippen LogP contribution in [0.15, 0.2) is 48.5 Å². The van der Waals surface area contributed by atoms with Crippen LogP contribution >= 0.6 is 11.6 Å². The van der Waals surface area contributed by atoms with Crippen LogP contribution in [0.5, 0.6) is 5.75 Å². The maximum Gasteiger partial charge on any atom is 0.119 e. The Morgan fingerprint density at radius 1 is 1.16 bits per heavy atom. The van der Waals surface area contributed by atoms with Gasteiger partial charge in [-0.25, -0.2) is 0 Å². The van der Waals surface area contributed by atoms with Gasteiger partial charge in [0.05, 0.1) is 0 Å². The average Bonchev–Trinajstić information content (AvgIpc) is 3.10. The second kappa shape index (κ2) is 9.23. The third kappa shape index (κ3) is 5.21. The first-order chi connectivity index (χ1) is 12.3. The lowest BCUT2D eigenvalue weighted by molar-refractivity contribution is 0.260. The van der Waals surface area contributed by atoms with Gasteiger partial charge >= 0.3 is 0 Å². The molecule has 4 heteroatoms. The minimum Gasteiger partial charge on any atom is -0.489 e. The number of benzene rings is 2. The molecule has 134 valence electrons. The van der Waals surface area contributed by atoms with Gasteiger partial charge in [0.15, 0.2) is 0 Å². The predicted molar refractivity (Wildman–Crippen MR) is 104 cm³/mol. The molecule has 1 saturated heterocycles. The molecule has 1 fully saturated rings. The molecule has 0 spiro atoms. The van der Waals surface area contributed by atoms with E-state index in [4.69, 9.17) is 16.3 Å². The maximum absolute atomic E-state index is 6.16. The van der Waals surface area contributed by atoms with E-state index in [1.165, 1.54) is 24.9 Å². The first kappa shape index (κ1) is 18.2. The summed E-state index contributed by atoms with van der Waals surface area (Å²) < 4.78 is 5.83. The summed E-state index contributed by atoms with van der Waals surface area (Å²) in [5, 5.41) is 4.34. The summed E-state index contributed by atoms with van der Waals surface area (Å²) in [5.74, 6) is 0.872. The summed E-state index contributed by atoms with van der Waals surface area (Å²) in [5.41, 5.74) is 2.29. The molecule has 1 N–H and O–H groups in total. The van der Waals surface area contributed by atoms with Crippen molar-refractivity contribution >= 4 is 11.6 Å². The zero-order valence-electron chi connectivity index (χ0n) is 14.9. The summed E-state index contributed by atoms with van der Waals surface area (Å²) in [6.45, 7) is 7.12. The molecule has 25 heavy (non-hydrogen) atoms. The van der Waals surface area contributed by atoms with Gasteiger partial charge < -0.3 is 10.1 Å². The van der Waals surface area contributed by atoms with Crippen molar-refractivity contribution in [2.45, 2.75) is 39.0 Å². The van der Waals surface area contributed by atoms with Gasteiger partial charge in [-0.3, -0.25) is 4.90 Å².